The third-order valence-electron chi connectivity index (χ3n) is 3.71. The summed E-state index contributed by atoms with van der Waals surface area (Å²) in [5.74, 6) is 0.360. The average Bonchev–Trinajstić information content (AvgIpc) is 2.76. The molecule has 0 atom stereocenters. The number of hydrogen-bond acceptors (Lipinski definition) is 4. The molecule has 1 saturated heterocycles. The SMILES string of the molecule is CC(=O)NCC1CCN(C(=O)c2c(N)cnn2C)CC1. The van der Waals surface area contributed by atoms with Gasteiger partial charge in [0, 0.05) is 33.6 Å². The highest BCUT2D eigenvalue weighted by Crippen LogP contribution is 2.20. The lowest BCUT2D eigenvalue weighted by Gasteiger charge is -2.32. The zero-order chi connectivity index (χ0) is 14.7. The zero-order valence-electron chi connectivity index (χ0n) is 11.9. The van der Waals surface area contributed by atoms with Gasteiger partial charge in [-0.2, -0.15) is 5.10 Å². The molecule has 0 bridgehead atoms. The van der Waals surface area contributed by atoms with Gasteiger partial charge in [0.25, 0.3) is 5.91 Å². The van der Waals surface area contributed by atoms with E-state index in [0.717, 1.165) is 12.8 Å². The number of nitrogen functional groups attached to an aromatic ring is 1. The van der Waals surface area contributed by atoms with Crippen LogP contribution in [0.5, 0.6) is 0 Å². The summed E-state index contributed by atoms with van der Waals surface area (Å²) in [6, 6.07) is 0. The Labute approximate surface area is 118 Å². The van der Waals surface area contributed by atoms with Crippen LogP contribution in [0.2, 0.25) is 0 Å². The van der Waals surface area contributed by atoms with E-state index in [1.54, 1.807) is 11.9 Å². The van der Waals surface area contributed by atoms with Gasteiger partial charge in [0.2, 0.25) is 5.91 Å². The molecule has 1 fully saturated rings. The third-order valence-corrected chi connectivity index (χ3v) is 3.71. The van der Waals surface area contributed by atoms with Crippen molar-refractivity contribution in [2.75, 3.05) is 25.4 Å². The number of piperidine rings is 1. The number of nitrogens with zero attached hydrogens (tertiary/aromatic N) is 3. The number of likely N-dealkylation sites (tertiary alicyclic amines) is 1. The molecule has 1 aromatic rings. The molecule has 2 heterocycles. The number of nitrogens with one attached hydrogen (secondary N) is 1. The largest absolute Gasteiger partial charge is 0.396 e. The van der Waals surface area contributed by atoms with E-state index in [1.165, 1.54) is 17.8 Å². The van der Waals surface area contributed by atoms with Crippen LogP contribution in [-0.2, 0) is 11.8 Å². The van der Waals surface area contributed by atoms with Crippen molar-refractivity contribution in [3.8, 4) is 0 Å². The van der Waals surface area contributed by atoms with E-state index in [-0.39, 0.29) is 11.8 Å². The highest BCUT2D eigenvalue weighted by Gasteiger charge is 2.26. The van der Waals surface area contributed by atoms with E-state index < -0.39 is 0 Å². The molecule has 2 amide bonds. The second kappa shape index (κ2) is 5.94. The summed E-state index contributed by atoms with van der Waals surface area (Å²) < 4.78 is 1.51. The molecular weight excluding hydrogens is 258 g/mol. The van der Waals surface area contributed by atoms with Gasteiger partial charge in [0.15, 0.2) is 0 Å². The molecule has 0 saturated carbocycles. The van der Waals surface area contributed by atoms with Gasteiger partial charge >= 0.3 is 0 Å². The first kappa shape index (κ1) is 14.4. The monoisotopic (exact) mass is 279 g/mol. The van der Waals surface area contributed by atoms with Crippen LogP contribution in [0.3, 0.4) is 0 Å². The molecule has 3 N–H and O–H groups in total. The molecule has 0 aliphatic carbocycles. The van der Waals surface area contributed by atoms with Crippen molar-refractivity contribution in [1.29, 1.82) is 0 Å². The fraction of sp³-hybridized carbons (Fsp3) is 0.615. The molecule has 20 heavy (non-hydrogen) atoms. The summed E-state index contributed by atoms with van der Waals surface area (Å²) in [7, 11) is 1.72. The topological polar surface area (TPSA) is 93.2 Å². The molecule has 7 heteroatoms. The molecule has 1 aliphatic rings. The van der Waals surface area contributed by atoms with Crippen LogP contribution >= 0.6 is 0 Å². The first-order valence-electron chi connectivity index (χ1n) is 6.80. The van der Waals surface area contributed by atoms with Crippen molar-refractivity contribution in [2.45, 2.75) is 19.8 Å². The molecular formula is C13H21N5O2. The lowest BCUT2D eigenvalue weighted by molar-refractivity contribution is -0.119. The summed E-state index contributed by atoms with van der Waals surface area (Å²) in [6.07, 6.45) is 3.28. The summed E-state index contributed by atoms with van der Waals surface area (Å²) >= 11 is 0. The second-order valence-corrected chi connectivity index (χ2v) is 5.24. The summed E-state index contributed by atoms with van der Waals surface area (Å²) in [4.78, 5) is 25.1. The zero-order valence-corrected chi connectivity index (χ0v) is 11.9. The first-order valence-corrected chi connectivity index (χ1v) is 6.80. The van der Waals surface area contributed by atoms with E-state index in [9.17, 15) is 9.59 Å². The van der Waals surface area contributed by atoms with Crippen molar-refractivity contribution < 1.29 is 9.59 Å². The normalized spacial score (nSPS) is 16.2. The van der Waals surface area contributed by atoms with E-state index in [2.05, 4.69) is 10.4 Å². The lowest BCUT2D eigenvalue weighted by atomic mass is 9.96. The van der Waals surface area contributed by atoms with Gasteiger partial charge < -0.3 is 16.0 Å². The summed E-state index contributed by atoms with van der Waals surface area (Å²) in [5, 5.41) is 6.82. The van der Waals surface area contributed by atoms with E-state index in [4.69, 9.17) is 5.73 Å². The van der Waals surface area contributed by atoms with Gasteiger partial charge in [0.1, 0.15) is 5.69 Å². The average molecular weight is 279 g/mol. The maximum Gasteiger partial charge on any atom is 0.274 e. The first-order chi connectivity index (χ1) is 9.49. The van der Waals surface area contributed by atoms with E-state index in [0.29, 0.717) is 36.9 Å². The number of aryl methyl sites for hydroxylation is 1. The van der Waals surface area contributed by atoms with Crippen molar-refractivity contribution >= 4 is 17.5 Å². The van der Waals surface area contributed by atoms with Gasteiger partial charge in [-0.05, 0) is 18.8 Å². The fourth-order valence-corrected chi connectivity index (χ4v) is 2.49. The molecule has 0 unspecified atom stereocenters. The minimum atomic E-state index is -0.0690. The number of aromatic nitrogens is 2. The molecule has 0 spiro atoms. The Morgan fingerprint density at radius 2 is 2.10 bits per heavy atom. The van der Waals surface area contributed by atoms with Crippen molar-refractivity contribution in [1.82, 2.24) is 20.0 Å². The van der Waals surface area contributed by atoms with E-state index in [1.807, 2.05) is 0 Å². The van der Waals surface area contributed by atoms with Crippen LogP contribution in [0, 0.1) is 5.92 Å². The van der Waals surface area contributed by atoms with Crippen LogP contribution in [0.4, 0.5) is 5.69 Å². The van der Waals surface area contributed by atoms with E-state index >= 15 is 0 Å². The van der Waals surface area contributed by atoms with Gasteiger partial charge in [-0.1, -0.05) is 0 Å². The van der Waals surface area contributed by atoms with Gasteiger partial charge in [-0.3, -0.25) is 14.3 Å². The quantitative estimate of drug-likeness (QED) is 0.814. The Morgan fingerprint density at radius 3 is 2.60 bits per heavy atom. The Bertz CT molecular complexity index is 483. The summed E-state index contributed by atoms with van der Waals surface area (Å²) in [5.41, 5.74) is 6.64. The van der Waals surface area contributed by atoms with Crippen molar-refractivity contribution in [3.63, 3.8) is 0 Å². The second-order valence-electron chi connectivity index (χ2n) is 5.24. The third kappa shape index (κ3) is 3.09. The standard InChI is InChI=1S/C13H21N5O2/c1-9(19)15-7-10-3-5-18(6-4-10)13(20)12-11(14)8-16-17(12)2/h8,10H,3-7,14H2,1-2H3,(H,15,19). The molecule has 2 rings (SSSR count). The molecule has 1 aliphatic heterocycles. The number of hydrogen-bond donors (Lipinski definition) is 2. The fourth-order valence-electron chi connectivity index (χ4n) is 2.49. The number of anilines is 1. The highest BCUT2D eigenvalue weighted by molar-refractivity contribution is 5.97. The van der Waals surface area contributed by atoms with Crippen LogP contribution in [-0.4, -0.2) is 46.1 Å². The number of amides is 2. The Kier molecular flexibility index (Phi) is 4.26. The summed E-state index contributed by atoms with van der Waals surface area (Å²) in [6.45, 7) is 3.58. The maximum absolute atomic E-state index is 12.4. The van der Waals surface area contributed by atoms with Crippen LogP contribution in [0.15, 0.2) is 6.20 Å². The molecule has 110 valence electrons. The molecule has 7 nitrogen and oxygen atoms in total. The smallest absolute Gasteiger partial charge is 0.274 e. The minimum absolute atomic E-state index is 0.00818. The molecule has 0 aromatic carbocycles. The Hall–Kier alpha value is -2.05. The molecule has 0 radical (unpaired) electrons. The van der Waals surface area contributed by atoms with Crippen LogP contribution in [0.25, 0.3) is 0 Å². The maximum atomic E-state index is 12.4. The van der Waals surface area contributed by atoms with Gasteiger partial charge in [0.05, 0.1) is 11.9 Å². The lowest BCUT2D eigenvalue weighted by Crippen LogP contribution is -2.42. The Morgan fingerprint density at radius 1 is 1.45 bits per heavy atom. The molecule has 1 aromatic heterocycles. The number of carbonyl (C=O) groups is 2. The van der Waals surface area contributed by atoms with Gasteiger partial charge in [-0.15, -0.1) is 0 Å². The predicted octanol–water partition coefficient (Wildman–Crippen LogP) is -0.00940. The number of carbonyl (C=O) groups excluding carboxylic acids is 2. The van der Waals surface area contributed by atoms with Crippen LogP contribution < -0.4 is 11.1 Å². The van der Waals surface area contributed by atoms with Gasteiger partial charge in [-0.25, -0.2) is 0 Å². The minimum Gasteiger partial charge on any atom is -0.396 e. The highest BCUT2D eigenvalue weighted by atomic mass is 16.2. The van der Waals surface area contributed by atoms with Crippen molar-refractivity contribution in [2.24, 2.45) is 13.0 Å². The predicted molar refractivity (Wildman–Crippen MR) is 74.9 cm³/mol. The van der Waals surface area contributed by atoms with Crippen LogP contribution in [0.1, 0.15) is 30.3 Å². The van der Waals surface area contributed by atoms with Crippen molar-refractivity contribution in [3.05, 3.63) is 11.9 Å². The Balaban J connectivity index is 1.91. The number of rotatable bonds is 3. The number of nitrogens with two attached hydrogens (primary N) is 1.